The number of hydrazine groups is 1. The van der Waals surface area contributed by atoms with E-state index in [1.807, 2.05) is 5.48 Å². The highest BCUT2D eigenvalue weighted by Crippen LogP contribution is 2.42. The number of ether oxygens (including phenoxy) is 1. The van der Waals surface area contributed by atoms with Crippen LogP contribution in [0.4, 0.5) is 18.0 Å². The van der Waals surface area contributed by atoms with E-state index in [9.17, 15) is 36.0 Å². The van der Waals surface area contributed by atoms with Crippen LogP contribution in [0.15, 0.2) is 0 Å². The molecule has 28 heavy (non-hydrogen) atoms. The molecule has 2 atom stereocenters. The van der Waals surface area contributed by atoms with Crippen molar-refractivity contribution >= 4 is 28.3 Å². The highest BCUT2D eigenvalue weighted by molar-refractivity contribution is 7.81. The summed E-state index contributed by atoms with van der Waals surface area (Å²) in [6.45, 7) is -0.878. The van der Waals surface area contributed by atoms with E-state index in [-0.39, 0.29) is 26.1 Å². The van der Waals surface area contributed by atoms with Crippen LogP contribution in [0.3, 0.4) is 0 Å². The third kappa shape index (κ3) is 4.43. The zero-order valence-electron chi connectivity index (χ0n) is 13.8. The summed E-state index contributed by atoms with van der Waals surface area (Å²) in [7, 11) is -5.53. The second kappa shape index (κ2) is 7.66. The van der Waals surface area contributed by atoms with Crippen molar-refractivity contribution in [2.24, 2.45) is 11.7 Å². The second-order valence-corrected chi connectivity index (χ2v) is 6.63. The Balaban J connectivity index is 2.32. The van der Waals surface area contributed by atoms with Crippen LogP contribution in [0.5, 0.6) is 0 Å². The van der Waals surface area contributed by atoms with Gasteiger partial charge in [-0.2, -0.15) is 25.8 Å². The minimum Gasteiger partial charge on any atom is -0.415 e. The lowest BCUT2D eigenvalue weighted by Crippen LogP contribution is -2.55. The van der Waals surface area contributed by atoms with Crippen molar-refractivity contribution in [2.45, 2.75) is 18.4 Å². The smallest absolute Gasteiger partial charge is 0.415 e. The summed E-state index contributed by atoms with van der Waals surface area (Å²) in [4.78, 5) is 40.5. The minimum absolute atomic E-state index is 0.0453. The molecule has 2 rings (SSSR count). The lowest BCUT2D eigenvalue weighted by molar-refractivity contribution is -0.243. The average Bonchev–Trinajstić information content (AvgIpc) is 2.75. The van der Waals surface area contributed by atoms with E-state index in [1.165, 1.54) is 0 Å². The van der Waals surface area contributed by atoms with Crippen molar-refractivity contribution in [1.82, 2.24) is 15.5 Å². The second-order valence-electron chi connectivity index (χ2n) is 5.61. The number of fused-ring (bicyclic) bond motifs is 2. The van der Waals surface area contributed by atoms with Gasteiger partial charge >= 0.3 is 40.3 Å². The van der Waals surface area contributed by atoms with Crippen LogP contribution in [0.25, 0.3) is 0 Å². The number of esters is 1. The minimum atomic E-state index is -5.59. The Labute approximate surface area is 155 Å². The maximum atomic E-state index is 12.6. The van der Waals surface area contributed by atoms with Gasteiger partial charge in [-0.05, 0) is 6.42 Å². The van der Waals surface area contributed by atoms with Gasteiger partial charge in [0.05, 0.1) is 19.1 Å². The third-order valence-corrected chi connectivity index (χ3v) is 4.22. The van der Waals surface area contributed by atoms with Gasteiger partial charge in [0.2, 0.25) is 0 Å². The lowest BCUT2D eigenvalue weighted by atomic mass is 9.97. The molecule has 2 fully saturated rings. The lowest BCUT2D eigenvalue weighted by Gasteiger charge is -2.34. The van der Waals surface area contributed by atoms with Gasteiger partial charge in [0.25, 0.3) is 0 Å². The van der Waals surface area contributed by atoms with Crippen LogP contribution in [0, 0.1) is 5.92 Å². The number of amides is 3. The number of hydrogen-bond donors (Lipinski definition) is 3. The number of alkyl halides is 3. The van der Waals surface area contributed by atoms with Gasteiger partial charge in [-0.25, -0.2) is 25.1 Å². The SMILES string of the molecule is NCCONC(=O)N1CC[C@@H]2CN1C(=O)C2(OC(=O)C(F)(F)F)OS(=O)(=O)O. The molecule has 2 aliphatic heterocycles. The van der Waals surface area contributed by atoms with Crippen molar-refractivity contribution in [1.29, 1.82) is 0 Å². The predicted molar refractivity (Wildman–Crippen MR) is 77.6 cm³/mol. The molecule has 17 heteroatoms. The highest BCUT2D eigenvalue weighted by Gasteiger charge is 2.66. The summed E-state index contributed by atoms with van der Waals surface area (Å²) in [5.74, 6) is -9.28. The number of hydrogen-bond acceptors (Lipinski definition) is 9. The zero-order chi connectivity index (χ0) is 21.3. The maximum Gasteiger partial charge on any atom is 0.491 e. The first-order chi connectivity index (χ1) is 12.8. The molecule has 0 aromatic carbocycles. The average molecular weight is 436 g/mol. The van der Waals surface area contributed by atoms with Crippen LogP contribution in [0.2, 0.25) is 0 Å². The summed E-state index contributed by atoms with van der Waals surface area (Å²) in [6.07, 6.45) is -5.90. The summed E-state index contributed by atoms with van der Waals surface area (Å²) >= 11 is 0. The zero-order valence-corrected chi connectivity index (χ0v) is 14.7. The van der Waals surface area contributed by atoms with Gasteiger partial charge < -0.3 is 10.5 Å². The third-order valence-electron chi connectivity index (χ3n) is 3.76. The number of nitrogens with zero attached hydrogens (tertiary/aromatic N) is 2. The molecule has 2 saturated heterocycles. The van der Waals surface area contributed by atoms with Gasteiger partial charge in [0.1, 0.15) is 0 Å². The summed E-state index contributed by atoms with van der Waals surface area (Å²) in [6, 6.07) is -1.02. The first-order valence-electron chi connectivity index (χ1n) is 7.51. The number of hydroxylamine groups is 1. The Morgan fingerprint density at radius 1 is 1.39 bits per heavy atom. The van der Waals surface area contributed by atoms with Crippen LogP contribution in [-0.2, 0) is 33.7 Å². The topological polar surface area (TPSA) is 178 Å². The van der Waals surface area contributed by atoms with E-state index < -0.39 is 52.7 Å². The molecular formula is C11H15F3N4O9S. The van der Waals surface area contributed by atoms with Crippen LogP contribution < -0.4 is 11.2 Å². The normalized spacial score (nSPS) is 25.0. The van der Waals surface area contributed by atoms with Gasteiger partial charge in [-0.1, -0.05) is 0 Å². The Morgan fingerprint density at radius 3 is 2.57 bits per heavy atom. The molecule has 2 bridgehead atoms. The van der Waals surface area contributed by atoms with E-state index in [2.05, 4.69) is 13.8 Å². The first kappa shape index (κ1) is 22.1. The molecule has 160 valence electrons. The van der Waals surface area contributed by atoms with E-state index in [0.717, 1.165) is 0 Å². The molecule has 1 unspecified atom stereocenters. The Hall–Kier alpha value is -2.21. The van der Waals surface area contributed by atoms with Gasteiger partial charge in [0.15, 0.2) is 0 Å². The first-order valence-corrected chi connectivity index (χ1v) is 8.88. The molecule has 0 aliphatic carbocycles. The summed E-state index contributed by atoms with van der Waals surface area (Å²) < 4.78 is 77.0. The van der Waals surface area contributed by atoms with E-state index in [1.54, 1.807) is 0 Å². The molecule has 2 aliphatic rings. The number of halogens is 3. The Bertz CT molecular complexity index is 761. The molecule has 0 saturated carbocycles. The van der Waals surface area contributed by atoms with Crippen molar-refractivity contribution < 1.29 is 54.3 Å². The van der Waals surface area contributed by atoms with Gasteiger partial charge in [-0.3, -0.25) is 14.2 Å². The molecule has 0 aromatic heterocycles. The predicted octanol–water partition coefficient (Wildman–Crippen LogP) is -1.71. The van der Waals surface area contributed by atoms with E-state index >= 15 is 0 Å². The molecule has 0 spiro atoms. The van der Waals surface area contributed by atoms with Crippen molar-refractivity contribution in [3.05, 3.63) is 0 Å². The van der Waals surface area contributed by atoms with E-state index in [4.69, 9.17) is 10.3 Å². The molecule has 13 nitrogen and oxygen atoms in total. The number of carbonyl (C=O) groups excluding carboxylic acids is 3. The number of urea groups is 1. The van der Waals surface area contributed by atoms with Crippen molar-refractivity contribution in [3.63, 3.8) is 0 Å². The molecular weight excluding hydrogens is 421 g/mol. The standard InChI is InChI=1S/C11H15F3N4O9S/c12-11(13,14)8(20)26-10(27-28(22,23)24)6-1-3-17(18(5-6)7(10)19)9(21)16-25-4-2-15/h6H,1-5,15H2,(H,16,21)(H,22,23,24)/t6-,10?/m1/s1. The Kier molecular flexibility index (Phi) is 6.04. The summed E-state index contributed by atoms with van der Waals surface area (Å²) in [5.41, 5.74) is 7.07. The fourth-order valence-corrected chi connectivity index (χ4v) is 3.24. The molecule has 2 heterocycles. The van der Waals surface area contributed by atoms with Crippen LogP contribution >= 0.6 is 0 Å². The van der Waals surface area contributed by atoms with Crippen LogP contribution in [0.1, 0.15) is 6.42 Å². The number of carbonyl (C=O) groups is 3. The monoisotopic (exact) mass is 436 g/mol. The maximum absolute atomic E-state index is 12.6. The summed E-state index contributed by atoms with van der Waals surface area (Å²) in [5, 5.41) is 1.20. The fourth-order valence-electron chi connectivity index (χ4n) is 2.69. The molecule has 3 amide bonds. The van der Waals surface area contributed by atoms with Crippen LogP contribution in [-0.4, -0.2) is 79.1 Å². The largest absolute Gasteiger partial charge is 0.491 e. The Morgan fingerprint density at radius 2 is 2.04 bits per heavy atom. The van der Waals surface area contributed by atoms with Gasteiger partial charge in [0, 0.05) is 13.1 Å². The quantitative estimate of drug-likeness (QED) is 0.143. The molecule has 4 N–H and O–H groups in total. The molecule has 0 radical (unpaired) electrons. The van der Waals surface area contributed by atoms with E-state index in [0.29, 0.717) is 10.0 Å². The van der Waals surface area contributed by atoms with Crippen molar-refractivity contribution in [2.75, 3.05) is 26.2 Å². The number of nitrogens with one attached hydrogen (secondary N) is 1. The molecule has 0 aromatic rings. The number of nitrogens with two attached hydrogens (primary N) is 1. The highest BCUT2D eigenvalue weighted by atomic mass is 32.3. The number of rotatable bonds is 6. The van der Waals surface area contributed by atoms with Gasteiger partial charge in [-0.15, -0.1) is 0 Å². The van der Waals surface area contributed by atoms with Crippen molar-refractivity contribution in [3.8, 4) is 0 Å². The fraction of sp³-hybridized carbons (Fsp3) is 0.727.